The highest BCUT2D eigenvalue weighted by Gasteiger charge is 2.34. The van der Waals surface area contributed by atoms with Crippen LogP contribution < -0.4 is 4.90 Å². The molecule has 2 heteroatoms. The molecule has 182 valence electrons. The van der Waals surface area contributed by atoms with Crippen LogP contribution in [0.5, 0.6) is 0 Å². The Balaban J connectivity index is 1.48. The molecular formula is C33H39NO. The number of hydrogen-bond donors (Lipinski definition) is 0. The van der Waals surface area contributed by atoms with E-state index in [4.69, 9.17) is 0 Å². The van der Waals surface area contributed by atoms with Gasteiger partial charge in [0.2, 0.25) is 0 Å². The van der Waals surface area contributed by atoms with Crippen molar-refractivity contribution in [1.29, 1.82) is 0 Å². The van der Waals surface area contributed by atoms with E-state index < -0.39 is 0 Å². The van der Waals surface area contributed by atoms with Gasteiger partial charge in [0.25, 0.3) is 0 Å². The molecule has 3 aliphatic rings. The molecule has 0 aromatic heterocycles. The third-order valence-electron chi connectivity index (χ3n) is 7.64. The van der Waals surface area contributed by atoms with E-state index in [-0.39, 0.29) is 16.6 Å². The van der Waals surface area contributed by atoms with Gasteiger partial charge >= 0.3 is 0 Å². The van der Waals surface area contributed by atoms with Gasteiger partial charge in [-0.05, 0) is 100 Å². The second kappa shape index (κ2) is 8.66. The molecule has 0 radical (unpaired) electrons. The number of ketones is 1. The van der Waals surface area contributed by atoms with Crippen molar-refractivity contribution in [3.8, 4) is 11.1 Å². The summed E-state index contributed by atoms with van der Waals surface area (Å²) >= 11 is 0. The predicted molar refractivity (Wildman–Crippen MR) is 149 cm³/mol. The molecule has 2 aliphatic heterocycles. The Morgan fingerprint density at radius 1 is 0.743 bits per heavy atom. The molecule has 35 heavy (non-hydrogen) atoms. The van der Waals surface area contributed by atoms with E-state index in [0.29, 0.717) is 0 Å². The van der Waals surface area contributed by atoms with E-state index >= 15 is 0 Å². The summed E-state index contributed by atoms with van der Waals surface area (Å²) < 4.78 is 0. The Bertz CT molecular complexity index is 1190. The average molecular weight is 466 g/mol. The smallest absolute Gasteiger partial charge is 0.186 e. The van der Waals surface area contributed by atoms with E-state index in [9.17, 15) is 4.79 Å². The van der Waals surface area contributed by atoms with Crippen LogP contribution in [0.1, 0.15) is 71.1 Å². The van der Waals surface area contributed by atoms with E-state index in [1.54, 1.807) is 0 Å². The van der Waals surface area contributed by atoms with Gasteiger partial charge in [0.05, 0.1) is 0 Å². The first-order valence-corrected chi connectivity index (χ1v) is 13.2. The van der Waals surface area contributed by atoms with E-state index in [0.717, 1.165) is 22.3 Å². The number of Topliss-reactive ketones (excluding diaryl/α,β-unsaturated/α-hetero) is 1. The molecule has 0 bridgehead atoms. The number of aryl methyl sites for hydroxylation is 2. The number of nitrogens with zero attached hydrogens (tertiary/aromatic N) is 1. The number of rotatable bonds is 2. The van der Waals surface area contributed by atoms with Gasteiger partial charge in [-0.25, -0.2) is 0 Å². The summed E-state index contributed by atoms with van der Waals surface area (Å²) in [6.45, 7) is 15.2. The summed E-state index contributed by atoms with van der Waals surface area (Å²) in [7, 11) is 0. The lowest BCUT2D eigenvalue weighted by molar-refractivity contribution is -0.114. The molecular weight excluding hydrogens is 426 g/mol. The Hall–Kier alpha value is -2.87. The van der Waals surface area contributed by atoms with Crippen LogP contribution in [0.2, 0.25) is 0 Å². The summed E-state index contributed by atoms with van der Waals surface area (Å²) in [6.07, 6.45) is 11.3. The lowest BCUT2D eigenvalue weighted by Gasteiger charge is -2.37. The fourth-order valence-corrected chi connectivity index (χ4v) is 5.78. The van der Waals surface area contributed by atoms with Gasteiger partial charge in [-0.2, -0.15) is 0 Å². The van der Waals surface area contributed by atoms with Crippen molar-refractivity contribution in [2.24, 2.45) is 10.8 Å². The van der Waals surface area contributed by atoms with Crippen molar-refractivity contribution in [2.75, 3.05) is 18.0 Å². The van der Waals surface area contributed by atoms with Gasteiger partial charge in [-0.3, -0.25) is 4.79 Å². The lowest BCUT2D eigenvalue weighted by atomic mass is 9.72. The van der Waals surface area contributed by atoms with Crippen molar-refractivity contribution >= 4 is 17.5 Å². The second-order valence-electron chi connectivity index (χ2n) is 12.5. The van der Waals surface area contributed by atoms with E-state index in [1.165, 1.54) is 66.7 Å². The van der Waals surface area contributed by atoms with E-state index in [2.05, 4.69) is 101 Å². The van der Waals surface area contributed by atoms with Crippen LogP contribution >= 0.6 is 0 Å². The average Bonchev–Trinajstić information content (AvgIpc) is 2.79. The fraction of sp³-hybridized carbons (Fsp3) is 0.424. The summed E-state index contributed by atoms with van der Waals surface area (Å²) in [5.74, 6) is 0.187. The molecule has 0 spiro atoms. The van der Waals surface area contributed by atoms with Crippen molar-refractivity contribution in [2.45, 2.75) is 67.2 Å². The molecule has 2 aromatic carbocycles. The summed E-state index contributed by atoms with van der Waals surface area (Å²) in [4.78, 5) is 15.8. The monoisotopic (exact) mass is 465 g/mol. The molecule has 2 heterocycles. The zero-order valence-corrected chi connectivity index (χ0v) is 22.3. The van der Waals surface area contributed by atoms with Crippen molar-refractivity contribution in [3.63, 3.8) is 0 Å². The van der Waals surface area contributed by atoms with Crippen molar-refractivity contribution < 1.29 is 4.79 Å². The van der Waals surface area contributed by atoms with Crippen LogP contribution in [-0.4, -0.2) is 18.9 Å². The number of carbonyl (C=O) groups is 1. The normalized spacial score (nSPS) is 18.2. The van der Waals surface area contributed by atoms with Gasteiger partial charge in [0, 0.05) is 29.9 Å². The minimum atomic E-state index is -0.187. The maximum absolute atomic E-state index is 13.2. The molecule has 2 nitrogen and oxygen atoms in total. The van der Waals surface area contributed by atoms with Crippen molar-refractivity contribution in [3.05, 3.63) is 82.0 Å². The topological polar surface area (TPSA) is 20.3 Å². The standard InChI is InChI=1S/C33H39NO/c1-32(2,3)28-18-23(19-29(31(28)35)33(4,5)6)17-22-11-13-24(14-12-22)27-20-25-9-7-15-34-16-8-10-26(21-27)30(25)34/h11-14,17-21H,7-10,15-16H2,1-6H3. The number of carbonyl (C=O) groups excluding carboxylic acids is 1. The van der Waals surface area contributed by atoms with Gasteiger partial charge in [0.1, 0.15) is 0 Å². The molecule has 5 rings (SSSR count). The molecule has 1 aliphatic carbocycles. The Morgan fingerprint density at radius 3 is 1.74 bits per heavy atom. The largest absolute Gasteiger partial charge is 0.371 e. The zero-order chi connectivity index (χ0) is 25.0. The third-order valence-corrected chi connectivity index (χ3v) is 7.64. The molecule has 0 unspecified atom stereocenters. The number of allylic oxidation sites excluding steroid dienone is 5. The number of anilines is 1. The first-order valence-electron chi connectivity index (χ1n) is 13.2. The lowest BCUT2D eigenvalue weighted by Crippen LogP contribution is -2.34. The maximum atomic E-state index is 13.2. The van der Waals surface area contributed by atoms with E-state index in [1.807, 2.05) is 0 Å². The molecule has 0 saturated heterocycles. The second-order valence-corrected chi connectivity index (χ2v) is 12.5. The van der Waals surface area contributed by atoms with Crippen LogP contribution in [0, 0.1) is 10.8 Å². The highest BCUT2D eigenvalue weighted by atomic mass is 16.1. The quantitative estimate of drug-likeness (QED) is 0.448. The van der Waals surface area contributed by atoms with Crippen LogP contribution in [-0.2, 0) is 17.6 Å². The first-order chi connectivity index (χ1) is 16.5. The predicted octanol–water partition coefficient (Wildman–Crippen LogP) is 7.96. The molecule has 0 saturated carbocycles. The highest BCUT2D eigenvalue weighted by molar-refractivity contribution is 6.12. The Morgan fingerprint density at radius 2 is 1.26 bits per heavy atom. The summed E-state index contributed by atoms with van der Waals surface area (Å²) in [6, 6.07) is 13.8. The van der Waals surface area contributed by atoms with Crippen molar-refractivity contribution in [1.82, 2.24) is 0 Å². The van der Waals surface area contributed by atoms with Crippen LogP contribution in [0.4, 0.5) is 5.69 Å². The maximum Gasteiger partial charge on any atom is 0.186 e. The highest BCUT2D eigenvalue weighted by Crippen LogP contribution is 2.40. The minimum Gasteiger partial charge on any atom is -0.371 e. The molecule has 0 N–H and O–H groups in total. The Kier molecular flexibility index (Phi) is 5.90. The van der Waals surface area contributed by atoms with Crippen LogP contribution in [0.3, 0.4) is 0 Å². The number of benzene rings is 2. The SMILES string of the molecule is CC(C)(C)C1=CC(=Cc2ccc(-c3cc4c5c(c3)CCCN5CCC4)cc2)C=C(C(C)(C)C)C1=O. The number of hydrogen-bond acceptors (Lipinski definition) is 2. The zero-order valence-electron chi connectivity index (χ0n) is 22.3. The van der Waals surface area contributed by atoms with Crippen LogP contribution in [0.25, 0.3) is 17.2 Å². The first kappa shape index (κ1) is 23.9. The molecule has 2 aromatic rings. The minimum absolute atomic E-state index is 0.187. The van der Waals surface area contributed by atoms with Crippen LogP contribution in [0.15, 0.2) is 65.3 Å². The van der Waals surface area contributed by atoms with Gasteiger partial charge in [0.15, 0.2) is 5.78 Å². The molecule has 0 fully saturated rings. The molecule has 0 atom stereocenters. The fourth-order valence-electron chi connectivity index (χ4n) is 5.78. The van der Waals surface area contributed by atoms with Gasteiger partial charge in [-0.1, -0.05) is 65.8 Å². The third kappa shape index (κ3) is 4.68. The molecule has 0 amide bonds. The van der Waals surface area contributed by atoms with Gasteiger partial charge in [-0.15, -0.1) is 0 Å². The van der Waals surface area contributed by atoms with Gasteiger partial charge < -0.3 is 4.90 Å². The summed E-state index contributed by atoms with van der Waals surface area (Å²) in [5.41, 5.74) is 10.9. The summed E-state index contributed by atoms with van der Waals surface area (Å²) in [5, 5.41) is 0. The Labute approximate surface area is 211 Å².